The Bertz CT molecular complexity index is 2410. The minimum Gasteiger partial charge on any atom is -0.505 e. The zero-order valence-electron chi connectivity index (χ0n) is 33.3. The summed E-state index contributed by atoms with van der Waals surface area (Å²) in [5.41, 5.74) is 2.48. The zero-order valence-corrected chi connectivity index (χ0v) is 34.1. The lowest BCUT2D eigenvalue weighted by Gasteiger charge is -2.24. The van der Waals surface area contributed by atoms with Crippen molar-refractivity contribution in [1.82, 2.24) is 0 Å². The molecule has 0 saturated heterocycles. The van der Waals surface area contributed by atoms with Crippen LogP contribution < -0.4 is 30.9 Å². The van der Waals surface area contributed by atoms with Crippen molar-refractivity contribution in [2.75, 3.05) is 51.6 Å². The summed E-state index contributed by atoms with van der Waals surface area (Å²) in [7, 11) is -4.10. The molecule has 0 unspecified atom stereocenters. The van der Waals surface area contributed by atoms with Crippen LogP contribution >= 0.6 is 0 Å². The Morgan fingerprint density at radius 3 is 2.45 bits per heavy atom. The first-order chi connectivity index (χ1) is 27.4. The molecule has 0 atom stereocenters. The van der Waals surface area contributed by atoms with Gasteiger partial charge in [-0.1, -0.05) is 17.7 Å². The van der Waals surface area contributed by atoms with Gasteiger partial charge >= 0.3 is 0 Å². The Morgan fingerprint density at radius 2 is 1.76 bits per heavy atom. The number of aryl methyl sites for hydroxylation is 2. The summed E-state index contributed by atoms with van der Waals surface area (Å²) in [4.78, 5) is 53.8. The summed E-state index contributed by atoms with van der Waals surface area (Å²) < 4.78 is 35.3. The monoisotopic (exact) mass is 809 g/mol. The molecule has 1 heterocycles. The number of allylic oxidation sites excluding steroid dienone is 2. The number of carbonyl (C=O) groups excluding carboxylic acids is 4. The smallest absolute Gasteiger partial charge is 0.255 e. The van der Waals surface area contributed by atoms with Crippen molar-refractivity contribution in [2.45, 2.75) is 66.2 Å². The van der Waals surface area contributed by atoms with E-state index in [0.717, 1.165) is 29.0 Å². The molecule has 1 aliphatic carbocycles. The van der Waals surface area contributed by atoms with Crippen molar-refractivity contribution in [3.05, 3.63) is 83.0 Å². The Hall–Kier alpha value is -6.47. The van der Waals surface area contributed by atoms with E-state index in [9.17, 15) is 32.7 Å². The molecular formula is C42H47N7O8S. The van der Waals surface area contributed by atoms with Crippen molar-refractivity contribution >= 4 is 73.4 Å². The average Bonchev–Trinajstić information content (AvgIpc) is 3.40. The van der Waals surface area contributed by atoms with Crippen LogP contribution in [0.4, 0.5) is 34.1 Å². The largest absolute Gasteiger partial charge is 0.505 e. The quantitative estimate of drug-likeness (QED) is 0.0467. The molecule has 0 bridgehead atoms. The molecular weight excluding hydrogens is 763 g/mol. The highest BCUT2D eigenvalue weighted by molar-refractivity contribution is 7.90. The van der Waals surface area contributed by atoms with Crippen LogP contribution in [0.5, 0.6) is 11.5 Å². The normalized spacial score (nSPS) is 14.9. The highest BCUT2D eigenvalue weighted by Crippen LogP contribution is 2.51. The van der Waals surface area contributed by atoms with Gasteiger partial charge in [-0.2, -0.15) is 9.66 Å². The minimum absolute atomic E-state index is 0.0949. The van der Waals surface area contributed by atoms with Crippen LogP contribution in [0.1, 0.15) is 63.6 Å². The zero-order chi connectivity index (χ0) is 42.4. The molecule has 0 fully saturated rings. The van der Waals surface area contributed by atoms with Crippen molar-refractivity contribution in [3.63, 3.8) is 0 Å². The summed E-state index contributed by atoms with van der Waals surface area (Å²) in [6, 6.07) is 14.6. The molecule has 1 aliphatic heterocycles. The van der Waals surface area contributed by atoms with Gasteiger partial charge in [-0.25, -0.2) is 8.42 Å². The topological polar surface area (TPSA) is 219 Å². The number of aromatic hydroxyl groups is 1. The SMILES string of the molecule is CCN(CCC#N)c1ccc(Nc2cc(NC(=O)C3=C/C(=N/S(=O)(=O)CCCCOc4ccc(C)cc4C)C(=O)C=C3)c(O)c3c2NC(=O)C3(C)C)c(NC(C)=O)c1. The number of nitrogens with zero attached hydrogens (tertiary/aromatic N) is 3. The molecule has 3 aromatic carbocycles. The van der Waals surface area contributed by atoms with E-state index in [1.165, 1.54) is 19.1 Å². The number of nitrogens with one attached hydrogen (secondary N) is 4. The minimum atomic E-state index is -4.10. The number of phenols is 1. The molecule has 2 aliphatic rings. The number of fused-ring (bicyclic) bond motifs is 1. The Morgan fingerprint density at radius 1 is 1.00 bits per heavy atom. The molecule has 3 amide bonds. The highest BCUT2D eigenvalue weighted by Gasteiger charge is 2.43. The maximum Gasteiger partial charge on any atom is 0.255 e. The number of nitriles is 1. The van der Waals surface area contributed by atoms with E-state index in [-0.39, 0.29) is 52.0 Å². The number of carbonyl (C=O) groups is 4. The van der Waals surface area contributed by atoms with Gasteiger partial charge in [0, 0.05) is 36.8 Å². The van der Waals surface area contributed by atoms with Crippen LogP contribution in [0.25, 0.3) is 0 Å². The fourth-order valence-electron chi connectivity index (χ4n) is 6.57. The third-order valence-corrected chi connectivity index (χ3v) is 10.9. The first-order valence-electron chi connectivity index (χ1n) is 18.7. The number of ether oxygens (including phenoxy) is 1. The maximum atomic E-state index is 13.7. The van der Waals surface area contributed by atoms with E-state index in [4.69, 9.17) is 10.00 Å². The third-order valence-electron chi connectivity index (χ3n) is 9.65. The van der Waals surface area contributed by atoms with Gasteiger partial charge in [-0.05, 0) is 102 Å². The average molecular weight is 810 g/mol. The molecule has 15 nitrogen and oxygen atoms in total. The van der Waals surface area contributed by atoms with Crippen molar-refractivity contribution in [2.24, 2.45) is 4.40 Å². The number of phenolic OH excluding ortho intramolecular Hbond substituents is 1. The van der Waals surface area contributed by atoms with Gasteiger partial charge in [0.25, 0.3) is 15.9 Å². The van der Waals surface area contributed by atoms with Crippen LogP contribution in [0.3, 0.4) is 0 Å². The van der Waals surface area contributed by atoms with Gasteiger partial charge in [-0.15, -0.1) is 0 Å². The predicted octanol–water partition coefficient (Wildman–Crippen LogP) is 6.31. The first-order valence-corrected chi connectivity index (χ1v) is 20.4. The lowest BCUT2D eigenvalue weighted by Crippen LogP contribution is -2.27. The first kappa shape index (κ1) is 42.7. The molecule has 0 aromatic heterocycles. The van der Waals surface area contributed by atoms with Gasteiger partial charge in [0.05, 0.1) is 58.7 Å². The number of amides is 3. The fourth-order valence-corrected chi connectivity index (χ4v) is 7.67. The number of rotatable bonds is 16. The number of anilines is 6. The third kappa shape index (κ3) is 9.90. The molecule has 16 heteroatoms. The van der Waals surface area contributed by atoms with Crippen molar-refractivity contribution in [1.29, 1.82) is 5.26 Å². The highest BCUT2D eigenvalue weighted by atomic mass is 32.2. The lowest BCUT2D eigenvalue weighted by atomic mass is 9.84. The summed E-state index contributed by atoms with van der Waals surface area (Å²) in [6.07, 6.45) is 4.26. The van der Waals surface area contributed by atoms with Crippen LogP contribution in [0.15, 0.2) is 70.7 Å². The molecule has 0 saturated carbocycles. The number of hydrogen-bond donors (Lipinski definition) is 5. The van der Waals surface area contributed by atoms with E-state index < -0.39 is 38.7 Å². The van der Waals surface area contributed by atoms with Gasteiger partial charge in [0.2, 0.25) is 17.6 Å². The van der Waals surface area contributed by atoms with Gasteiger partial charge < -0.3 is 36.0 Å². The summed E-state index contributed by atoms with van der Waals surface area (Å²) in [5.74, 6) is -2.28. The second-order valence-electron chi connectivity index (χ2n) is 14.5. The molecule has 0 radical (unpaired) electrons. The number of sulfonamides is 1. The summed E-state index contributed by atoms with van der Waals surface area (Å²) in [5, 5.41) is 32.1. The van der Waals surface area contributed by atoms with E-state index in [0.29, 0.717) is 49.7 Å². The van der Waals surface area contributed by atoms with Gasteiger partial charge in [0.1, 0.15) is 17.2 Å². The van der Waals surface area contributed by atoms with E-state index >= 15 is 0 Å². The van der Waals surface area contributed by atoms with E-state index in [2.05, 4.69) is 31.7 Å². The lowest BCUT2D eigenvalue weighted by molar-refractivity contribution is -0.120. The number of ketones is 1. The number of unbranched alkanes of at least 4 members (excludes halogenated alkanes) is 1. The summed E-state index contributed by atoms with van der Waals surface area (Å²) >= 11 is 0. The van der Waals surface area contributed by atoms with Crippen molar-refractivity contribution in [3.8, 4) is 17.6 Å². The predicted molar refractivity (Wildman–Crippen MR) is 225 cm³/mol. The Balaban J connectivity index is 1.38. The van der Waals surface area contributed by atoms with E-state index in [1.807, 2.05) is 49.9 Å². The van der Waals surface area contributed by atoms with Gasteiger partial charge in [0.15, 0.2) is 0 Å². The second kappa shape index (κ2) is 17.8. The second-order valence-corrected chi connectivity index (χ2v) is 16.3. The number of benzene rings is 3. The Kier molecular flexibility index (Phi) is 13.1. The van der Waals surface area contributed by atoms with Crippen LogP contribution in [-0.4, -0.2) is 68.2 Å². The standard InChI is InChI=1S/C42H47N7O8S/c1-7-49(18-10-17-43)29-13-14-30(31(23-29)44-27(4)50)45-33-24-34(39(52)37-38(33)47-41(54)42(37,5)6)46-40(53)28-12-15-35(51)32(22-28)48-58(55,56)20-9-8-19-57-36-16-11-25(2)21-26(36)3/h11-16,21-24,45,52H,7-10,18-20H2,1-6H3,(H,44,50)(H,46,53)(H,47,54)/b48-32-. The van der Waals surface area contributed by atoms with Crippen LogP contribution in [0.2, 0.25) is 0 Å². The Labute approximate surface area is 337 Å². The van der Waals surface area contributed by atoms with E-state index in [1.54, 1.807) is 26.0 Å². The van der Waals surface area contributed by atoms with Crippen LogP contribution in [-0.2, 0) is 34.6 Å². The molecule has 304 valence electrons. The number of hydrogen-bond acceptors (Lipinski definition) is 11. The molecule has 5 N–H and O–H groups in total. The van der Waals surface area contributed by atoms with Crippen LogP contribution in [0, 0.1) is 25.2 Å². The molecule has 0 spiro atoms. The summed E-state index contributed by atoms with van der Waals surface area (Å²) in [6.45, 7) is 11.8. The molecule has 3 aromatic rings. The van der Waals surface area contributed by atoms with Gasteiger partial charge in [-0.3, -0.25) is 19.2 Å². The maximum absolute atomic E-state index is 13.7. The fraction of sp³-hybridized carbons (Fsp3) is 0.333. The molecule has 58 heavy (non-hydrogen) atoms. The molecule has 5 rings (SSSR count). The van der Waals surface area contributed by atoms with Crippen molar-refractivity contribution < 1.29 is 37.4 Å².